The molecule has 9 heteroatoms. The van der Waals surface area contributed by atoms with Crippen molar-refractivity contribution in [3.05, 3.63) is 41.6 Å². The highest BCUT2D eigenvalue weighted by atomic mass is 32.2. The van der Waals surface area contributed by atoms with Crippen molar-refractivity contribution in [1.29, 1.82) is 5.26 Å². The third kappa shape index (κ3) is 3.48. The minimum atomic E-state index is -4.84. The van der Waals surface area contributed by atoms with Gasteiger partial charge < -0.3 is 4.57 Å². The van der Waals surface area contributed by atoms with Crippen LogP contribution in [0.1, 0.15) is 25.1 Å². The van der Waals surface area contributed by atoms with Crippen molar-refractivity contribution in [3.63, 3.8) is 0 Å². The number of nitriles is 1. The van der Waals surface area contributed by atoms with E-state index in [-0.39, 0.29) is 24.3 Å². The van der Waals surface area contributed by atoms with Gasteiger partial charge in [-0.05, 0) is 29.8 Å². The average molecular weight is 385 g/mol. The summed E-state index contributed by atoms with van der Waals surface area (Å²) in [5.41, 5.74) is -0.367. The van der Waals surface area contributed by atoms with Crippen LogP contribution >= 0.6 is 0 Å². The molecule has 2 aromatic rings. The molecule has 1 aromatic heterocycles. The van der Waals surface area contributed by atoms with Crippen LogP contribution in [-0.4, -0.2) is 30.4 Å². The summed E-state index contributed by atoms with van der Waals surface area (Å²) in [7, 11) is -2.71. The molecule has 0 fully saturated rings. The van der Waals surface area contributed by atoms with E-state index in [2.05, 4.69) is 0 Å². The minimum Gasteiger partial charge on any atom is -0.335 e. The molecule has 0 atom stereocenters. The first-order chi connectivity index (χ1) is 12.1. The third-order valence-electron chi connectivity index (χ3n) is 4.14. The molecular weight excluding hydrogens is 367 g/mol. The highest BCUT2D eigenvalue weighted by Crippen LogP contribution is 2.38. The fraction of sp³-hybridized carbons (Fsp3) is 0.353. The zero-order chi connectivity index (χ0) is 19.7. The number of halogens is 3. The number of sulfonamides is 1. The molecule has 0 saturated carbocycles. The number of hydrogen-bond acceptors (Lipinski definition) is 3. The van der Waals surface area contributed by atoms with Crippen molar-refractivity contribution >= 4 is 10.0 Å². The van der Waals surface area contributed by atoms with Crippen LogP contribution in [-0.2, 0) is 23.2 Å². The fourth-order valence-corrected chi connectivity index (χ4v) is 4.40. The Morgan fingerprint density at radius 1 is 1.15 bits per heavy atom. The number of benzene rings is 1. The maximum absolute atomic E-state index is 13.6. The van der Waals surface area contributed by atoms with Gasteiger partial charge in [-0.3, -0.25) is 0 Å². The van der Waals surface area contributed by atoms with Crippen molar-refractivity contribution < 1.29 is 21.6 Å². The molecule has 5 nitrogen and oxygen atoms in total. The minimum absolute atomic E-state index is 0.0707. The molecule has 0 aliphatic heterocycles. The second-order valence-electron chi connectivity index (χ2n) is 5.57. The fourth-order valence-electron chi connectivity index (χ4n) is 2.75. The van der Waals surface area contributed by atoms with E-state index in [4.69, 9.17) is 5.26 Å². The van der Waals surface area contributed by atoms with Crippen LogP contribution in [0.3, 0.4) is 0 Å². The molecule has 0 radical (unpaired) electrons. The van der Waals surface area contributed by atoms with Crippen molar-refractivity contribution in [1.82, 2.24) is 8.87 Å². The molecule has 0 aliphatic rings. The highest BCUT2D eigenvalue weighted by molar-refractivity contribution is 7.89. The molecule has 1 heterocycles. The Hall–Kier alpha value is -2.31. The Morgan fingerprint density at radius 2 is 1.77 bits per heavy atom. The third-order valence-corrected chi connectivity index (χ3v) is 6.25. The van der Waals surface area contributed by atoms with Gasteiger partial charge in [0.25, 0.3) is 0 Å². The van der Waals surface area contributed by atoms with Crippen LogP contribution in [0.2, 0.25) is 0 Å². The van der Waals surface area contributed by atoms with Gasteiger partial charge in [0.1, 0.15) is 11.8 Å². The largest absolute Gasteiger partial charge is 0.417 e. The zero-order valence-corrected chi connectivity index (χ0v) is 15.3. The summed E-state index contributed by atoms with van der Waals surface area (Å²) in [5.74, 6) is 0. The van der Waals surface area contributed by atoms with Crippen LogP contribution in [0, 0.1) is 11.3 Å². The zero-order valence-electron chi connectivity index (χ0n) is 14.5. The van der Waals surface area contributed by atoms with Gasteiger partial charge in [0.05, 0.1) is 10.5 Å². The summed E-state index contributed by atoms with van der Waals surface area (Å²) in [6.45, 7) is 3.27. The topological polar surface area (TPSA) is 66.1 Å². The van der Waals surface area contributed by atoms with Gasteiger partial charge in [-0.2, -0.15) is 22.7 Å². The van der Waals surface area contributed by atoms with Gasteiger partial charge in [0, 0.05) is 25.8 Å². The number of aromatic nitrogens is 1. The smallest absolute Gasteiger partial charge is 0.335 e. The van der Waals surface area contributed by atoms with Crippen molar-refractivity contribution in [3.8, 4) is 17.3 Å². The highest BCUT2D eigenvalue weighted by Gasteiger charge is 2.39. The second kappa shape index (κ2) is 7.13. The standard InChI is InChI=1S/C17H18F3N3O2S/c1-4-23(5-2)26(24,25)16-9-6-12(10-14(16)17(18,19)20)15-8-7-13(11-21)22(15)3/h6-10H,4-5H2,1-3H3. The van der Waals surface area contributed by atoms with E-state index in [0.29, 0.717) is 5.69 Å². The Morgan fingerprint density at radius 3 is 2.23 bits per heavy atom. The lowest BCUT2D eigenvalue weighted by molar-refractivity contribution is -0.139. The molecule has 2 rings (SSSR count). The van der Waals surface area contributed by atoms with Gasteiger partial charge in [0.2, 0.25) is 10.0 Å². The lowest BCUT2D eigenvalue weighted by Gasteiger charge is -2.22. The molecule has 1 aromatic carbocycles. The molecular formula is C17H18F3N3O2S. The summed E-state index contributed by atoms with van der Waals surface area (Å²) in [6.07, 6.45) is -4.84. The summed E-state index contributed by atoms with van der Waals surface area (Å²) in [4.78, 5) is -0.771. The maximum atomic E-state index is 13.6. The quantitative estimate of drug-likeness (QED) is 0.790. The van der Waals surface area contributed by atoms with E-state index >= 15 is 0 Å². The Balaban J connectivity index is 2.71. The van der Waals surface area contributed by atoms with Crippen LogP contribution in [0.4, 0.5) is 13.2 Å². The van der Waals surface area contributed by atoms with Gasteiger partial charge in [-0.1, -0.05) is 19.9 Å². The molecule has 0 spiro atoms. The summed E-state index contributed by atoms with van der Waals surface area (Å²) >= 11 is 0. The van der Waals surface area contributed by atoms with Crippen molar-refractivity contribution in [2.75, 3.05) is 13.1 Å². The first-order valence-electron chi connectivity index (χ1n) is 7.85. The monoisotopic (exact) mass is 385 g/mol. The maximum Gasteiger partial charge on any atom is 0.417 e. The first-order valence-corrected chi connectivity index (χ1v) is 9.29. The Kier molecular flexibility index (Phi) is 5.49. The van der Waals surface area contributed by atoms with Crippen molar-refractivity contribution in [2.45, 2.75) is 24.9 Å². The van der Waals surface area contributed by atoms with Gasteiger partial charge >= 0.3 is 6.18 Å². The lowest BCUT2D eigenvalue weighted by Crippen LogP contribution is -2.32. The van der Waals surface area contributed by atoms with E-state index in [1.807, 2.05) is 6.07 Å². The molecule has 0 N–H and O–H groups in total. The van der Waals surface area contributed by atoms with Gasteiger partial charge in [-0.15, -0.1) is 0 Å². The lowest BCUT2D eigenvalue weighted by atomic mass is 10.1. The Labute approximate surface area is 150 Å². The van der Waals surface area contributed by atoms with Crippen LogP contribution < -0.4 is 0 Å². The van der Waals surface area contributed by atoms with E-state index < -0.39 is 26.7 Å². The normalized spacial score (nSPS) is 12.4. The average Bonchev–Trinajstić information content (AvgIpc) is 2.95. The molecule has 140 valence electrons. The molecule has 0 aliphatic carbocycles. The van der Waals surface area contributed by atoms with Crippen LogP contribution in [0.15, 0.2) is 35.2 Å². The summed E-state index contributed by atoms with van der Waals surface area (Å²) < 4.78 is 68.4. The van der Waals surface area contributed by atoms with E-state index in [1.165, 1.54) is 22.8 Å². The molecule has 26 heavy (non-hydrogen) atoms. The van der Waals surface area contributed by atoms with Gasteiger partial charge in [0.15, 0.2) is 0 Å². The van der Waals surface area contributed by atoms with Gasteiger partial charge in [-0.25, -0.2) is 8.42 Å². The molecule has 0 unspecified atom stereocenters. The SMILES string of the molecule is CCN(CC)S(=O)(=O)c1ccc(-c2ccc(C#N)n2C)cc1C(F)(F)F. The van der Waals surface area contributed by atoms with E-state index in [9.17, 15) is 21.6 Å². The van der Waals surface area contributed by atoms with E-state index in [0.717, 1.165) is 16.4 Å². The van der Waals surface area contributed by atoms with Crippen LogP contribution in [0.5, 0.6) is 0 Å². The first kappa shape index (κ1) is 20.0. The predicted molar refractivity (Wildman–Crippen MR) is 90.7 cm³/mol. The molecule has 0 amide bonds. The second-order valence-corrected chi connectivity index (χ2v) is 7.48. The van der Waals surface area contributed by atoms with Crippen LogP contribution in [0.25, 0.3) is 11.3 Å². The summed E-state index contributed by atoms with van der Waals surface area (Å²) in [6, 6.07) is 8.05. The van der Waals surface area contributed by atoms with Crippen molar-refractivity contribution in [2.24, 2.45) is 7.05 Å². The number of nitrogens with zero attached hydrogens (tertiary/aromatic N) is 3. The van der Waals surface area contributed by atoms with E-state index in [1.54, 1.807) is 20.9 Å². The predicted octanol–water partition coefficient (Wildman–Crippen LogP) is 3.61. The number of rotatable bonds is 5. The number of alkyl halides is 3. The summed E-state index contributed by atoms with van der Waals surface area (Å²) in [5, 5.41) is 8.99. The molecule has 0 bridgehead atoms. The molecule has 0 saturated heterocycles. The number of hydrogen-bond donors (Lipinski definition) is 0. The Bertz CT molecular complexity index is 953.